The summed E-state index contributed by atoms with van der Waals surface area (Å²) in [5.74, 6) is -0.293. The Labute approximate surface area is 206 Å². The SMILES string of the molecule is CCN(CC)c1ccc(S(=O)(=O)N2CCCCC2)cc1NC(=O)c1ccc(Cn2cncn2)cc1. The summed E-state index contributed by atoms with van der Waals surface area (Å²) in [7, 11) is -3.62. The van der Waals surface area contributed by atoms with E-state index in [1.54, 1.807) is 45.6 Å². The topological polar surface area (TPSA) is 100 Å². The van der Waals surface area contributed by atoms with E-state index in [9.17, 15) is 13.2 Å². The molecule has 10 heteroatoms. The van der Waals surface area contributed by atoms with Gasteiger partial charge in [-0.25, -0.2) is 18.1 Å². The maximum atomic E-state index is 13.3. The summed E-state index contributed by atoms with van der Waals surface area (Å²) in [4.78, 5) is 19.4. The maximum absolute atomic E-state index is 13.3. The fourth-order valence-corrected chi connectivity index (χ4v) is 5.87. The number of nitrogens with one attached hydrogen (secondary N) is 1. The first-order valence-electron chi connectivity index (χ1n) is 12.0. The fraction of sp³-hybridized carbons (Fsp3) is 0.400. The van der Waals surface area contributed by atoms with E-state index in [1.807, 2.05) is 26.0 Å². The van der Waals surface area contributed by atoms with E-state index in [2.05, 4.69) is 20.3 Å². The van der Waals surface area contributed by atoms with Crippen molar-refractivity contribution in [3.05, 3.63) is 66.2 Å². The molecule has 1 fully saturated rings. The number of sulfonamides is 1. The molecule has 1 aliphatic heterocycles. The van der Waals surface area contributed by atoms with Crippen molar-refractivity contribution in [3.63, 3.8) is 0 Å². The molecule has 1 N–H and O–H groups in total. The minimum atomic E-state index is -3.62. The highest BCUT2D eigenvalue weighted by Gasteiger charge is 2.27. The quantitative estimate of drug-likeness (QED) is 0.486. The Morgan fingerprint density at radius 1 is 1.03 bits per heavy atom. The molecule has 35 heavy (non-hydrogen) atoms. The van der Waals surface area contributed by atoms with Gasteiger partial charge in [0.25, 0.3) is 5.91 Å². The Morgan fingerprint density at radius 3 is 2.37 bits per heavy atom. The Kier molecular flexibility index (Phi) is 7.82. The largest absolute Gasteiger partial charge is 0.370 e. The van der Waals surface area contributed by atoms with Crippen molar-refractivity contribution >= 4 is 27.3 Å². The van der Waals surface area contributed by atoms with Crippen LogP contribution in [0.2, 0.25) is 0 Å². The third kappa shape index (κ3) is 5.71. The average molecular weight is 497 g/mol. The van der Waals surface area contributed by atoms with Crippen molar-refractivity contribution in [2.75, 3.05) is 36.4 Å². The molecule has 1 aliphatic rings. The van der Waals surface area contributed by atoms with Crippen LogP contribution in [-0.2, 0) is 16.6 Å². The summed E-state index contributed by atoms with van der Waals surface area (Å²) in [5, 5.41) is 7.06. The van der Waals surface area contributed by atoms with Gasteiger partial charge in [0.1, 0.15) is 12.7 Å². The molecule has 1 amide bonds. The molecule has 0 aliphatic carbocycles. The predicted octanol–water partition coefficient (Wildman–Crippen LogP) is 3.60. The molecule has 1 saturated heterocycles. The molecule has 0 atom stereocenters. The number of benzene rings is 2. The van der Waals surface area contributed by atoms with Gasteiger partial charge in [0.15, 0.2) is 0 Å². The van der Waals surface area contributed by atoms with Gasteiger partial charge in [-0.3, -0.25) is 4.79 Å². The number of amides is 1. The average Bonchev–Trinajstić information content (AvgIpc) is 3.39. The maximum Gasteiger partial charge on any atom is 0.255 e. The minimum Gasteiger partial charge on any atom is -0.370 e. The van der Waals surface area contributed by atoms with E-state index < -0.39 is 10.0 Å². The van der Waals surface area contributed by atoms with Crippen molar-refractivity contribution in [2.24, 2.45) is 0 Å². The number of anilines is 2. The van der Waals surface area contributed by atoms with Crippen LogP contribution in [0.1, 0.15) is 49.0 Å². The second kappa shape index (κ2) is 11.0. The summed E-state index contributed by atoms with van der Waals surface area (Å²) in [6.07, 6.45) is 5.90. The van der Waals surface area contributed by atoms with Crippen LogP contribution in [0.4, 0.5) is 11.4 Å². The number of nitrogens with zero attached hydrogens (tertiary/aromatic N) is 5. The number of aromatic nitrogens is 3. The fourth-order valence-electron chi connectivity index (χ4n) is 4.33. The first-order valence-corrected chi connectivity index (χ1v) is 13.5. The molecule has 2 aromatic carbocycles. The molecule has 3 aromatic rings. The Hall–Kier alpha value is -3.24. The normalized spacial score (nSPS) is 14.6. The zero-order valence-corrected chi connectivity index (χ0v) is 21.0. The van der Waals surface area contributed by atoms with Crippen LogP contribution >= 0.6 is 0 Å². The van der Waals surface area contributed by atoms with Gasteiger partial charge in [0.2, 0.25) is 10.0 Å². The third-order valence-electron chi connectivity index (χ3n) is 6.30. The van der Waals surface area contributed by atoms with Gasteiger partial charge in [0.05, 0.1) is 22.8 Å². The van der Waals surface area contributed by atoms with Crippen LogP contribution in [0.3, 0.4) is 0 Å². The van der Waals surface area contributed by atoms with Crippen molar-refractivity contribution in [1.29, 1.82) is 0 Å². The lowest BCUT2D eigenvalue weighted by atomic mass is 10.1. The zero-order valence-electron chi connectivity index (χ0n) is 20.2. The Bertz CT molecular complexity index is 1230. The van der Waals surface area contributed by atoms with E-state index in [0.29, 0.717) is 30.9 Å². The number of carbonyl (C=O) groups is 1. The van der Waals surface area contributed by atoms with Crippen molar-refractivity contribution in [3.8, 4) is 0 Å². The van der Waals surface area contributed by atoms with Crippen molar-refractivity contribution in [2.45, 2.75) is 44.6 Å². The van der Waals surface area contributed by atoms with Crippen molar-refractivity contribution < 1.29 is 13.2 Å². The summed E-state index contributed by atoms with van der Waals surface area (Å²) in [6, 6.07) is 12.3. The molecular formula is C25H32N6O3S. The Balaban J connectivity index is 1.59. The van der Waals surface area contributed by atoms with Gasteiger partial charge in [0, 0.05) is 31.7 Å². The van der Waals surface area contributed by atoms with Crippen LogP contribution in [0.5, 0.6) is 0 Å². The summed E-state index contributed by atoms with van der Waals surface area (Å²) >= 11 is 0. The van der Waals surface area contributed by atoms with Gasteiger partial charge in [-0.15, -0.1) is 0 Å². The zero-order chi connectivity index (χ0) is 24.8. The van der Waals surface area contributed by atoms with Gasteiger partial charge in [-0.2, -0.15) is 9.40 Å². The van der Waals surface area contributed by atoms with E-state index in [4.69, 9.17) is 0 Å². The summed E-state index contributed by atoms with van der Waals surface area (Å²) in [6.45, 7) is 7.14. The number of piperidine rings is 1. The van der Waals surface area contributed by atoms with E-state index in [0.717, 1.165) is 43.6 Å². The second-order valence-corrected chi connectivity index (χ2v) is 10.5. The highest BCUT2D eigenvalue weighted by molar-refractivity contribution is 7.89. The van der Waals surface area contributed by atoms with Crippen LogP contribution in [0.25, 0.3) is 0 Å². The van der Waals surface area contributed by atoms with Crippen LogP contribution in [0.15, 0.2) is 60.0 Å². The van der Waals surface area contributed by atoms with Gasteiger partial charge in [-0.1, -0.05) is 18.6 Å². The molecule has 0 unspecified atom stereocenters. The molecule has 0 bridgehead atoms. The molecule has 4 rings (SSSR count). The summed E-state index contributed by atoms with van der Waals surface area (Å²) in [5.41, 5.74) is 2.76. The van der Waals surface area contributed by atoms with E-state index >= 15 is 0 Å². The predicted molar refractivity (Wildman–Crippen MR) is 136 cm³/mol. The van der Waals surface area contributed by atoms with Gasteiger partial charge < -0.3 is 10.2 Å². The molecule has 0 saturated carbocycles. The molecule has 9 nitrogen and oxygen atoms in total. The molecule has 0 radical (unpaired) electrons. The standard InChI is InChI=1S/C25H32N6O3S/c1-3-29(4-2)24-13-12-22(35(33,34)31-14-6-5-7-15-31)16-23(24)28-25(32)21-10-8-20(9-11-21)17-30-19-26-18-27-30/h8-13,16,18-19H,3-7,14-15,17H2,1-2H3,(H,28,32). The molecule has 0 spiro atoms. The number of hydrogen-bond donors (Lipinski definition) is 1. The lowest BCUT2D eigenvalue weighted by Gasteiger charge is -2.28. The molecule has 186 valence electrons. The number of hydrogen-bond acceptors (Lipinski definition) is 6. The third-order valence-corrected chi connectivity index (χ3v) is 8.20. The van der Waals surface area contributed by atoms with E-state index in [-0.39, 0.29) is 10.8 Å². The number of carbonyl (C=O) groups excluding carboxylic acids is 1. The highest BCUT2D eigenvalue weighted by atomic mass is 32.2. The van der Waals surface area contributed by atoms with Gasteiger partial charge >= 0.3 is 0 Å². The summed E-state index contributed by atoms with van der Waals surface area (Å²) < 4.78 is 29.8. The minimum absolute atomic E-state index is 0.203. The van der Waals surface area contributed by atoms with Crippen molar-refractivity contribution in [1.82, 2.24) is 19.1 Å². The molecule has 1 aromatic heterocycles. The first kappa shape index (κ1) is 24.9. The monoisotopic (exact) mass is 496 g/mol. The van der Waals surface area contributed by atoms with Crippen LogP contribution < -0.4 is 10.2 Å². The number of rotatable bonds is 9. The molecular weight excluding hydrogens is 464 g/mol. The molecule has 2 heterocycles. The lowest BCUT2D eigenvalue weighted by Crippen LogP contribution is -2.35. The van der Waals surface area contributed by atoms with Crippen LogP contribution in [0, 0.1) is 0 Å². The Morgan fingerprint density at radius 2 is 1.74 bits per heavy atom. The lowest BCUT2D eigenvalue weighted by molar-refractivity contribution is 0.102. The second-order valence-electron chi connectivity index (χ2n) is 8.56. The highest BCUT2D eigenvalue weighted by Crippen LogP contribution is 2.31. The first-order chi connectivity index (χ1) is 16.9. The van der Waals surface area contributed by atoms with Crippen LogP contribution in [-0.4, -0.2) is 59.6 Å². The smallest absolute Gasteiger partial charge is 0.255 e. The van der Waals surface area contributed by atoms with Gasteiger partial charge in [-0.05, 0) is 62.6 Å². The van der Waals surface area contributed by atoms with E-state index in [1.165, 1.54) is 6.33 Å².